The molecule has 0 saturated carbocycles. The van der Waals surface area contributed by atoms with Crippen LogP contribution in [0.4, 0.5) is 0 Å². The van der Waals surface area contributed by atoms with E-state index in [4.69, 9.17) is 17.3 Å². The summed E-state index contributed by atoms with van der Waals surface area (Å²) >= 11 is 7.31. The molecule has 0 saturated heterocycles. The summed E-state index contributed by atoms with van der Waals surface area (Å²) in [5.74, 6) is -0.0838. The Morgan fingerprint density at radius 3 is 2.75 bits per heavy atom. The van der Waals surface area contributed by atoms with Gasteiger partial charge < -0.3 is 10.6 Å². The molecule has 2 N–H and O–H groups in total. The predicted molar refractivity (Wildman–Crippen MR) is 82.1 cm³/mol. The number of aromatic nitrogens is 1. The maximum Gasteiger partial charge on any atom is 0.273 e. The molecule has 1 aromatic heterocycles. The summed E-state index contributed by atoms with van der Waals surface area (Å²) in [4.78, 5) is 18.2. The van der Waals surface area contributed by atoms with Crippen molar-refractivity contribution >= 4 is 28.8 Å². The maximum atomic E-state index is 12.2. The van der Waals surface area contributed by atoms with Crippen LogP contribution in [0.5, 0.6) is 0 Å². The second-order valence-electron chi connectivity index (χ2n) is 4.45. The third-order valence-electron chi connectivity index (χ3n) is 2.81. The molecule has 0 bridgehead atoms. The molecule has 0 aliphatic carbocycles. The van der Waals surface area contributed by atoms with Crippen LogP contribution in [0.25, 0.3) is 0 Å². The van der Waals surface area contributed by atoms with E-state index in [-0.39, 0.29) is 5.91 Å². The number of rotatable bonds is 5. The number of amides is 1. The van der Waals surface area contributed by atoms with E-state index >= 15 is 0 Å². The van der Waals surface area contributed by atoms with Crippen LogP contribution in [0.3, 0.4) is 0 Å². The molecule has 20 heavy (non-hydrogen) atoms. The standard InChI is InChI=1S/C14H16ClN3OS/c1-18(8-10-2-4-11(15)5-3-10)14(19)12-9-20-13(17-12)6-7-16/h2-5,9H,6-8,16H2,1H3. The average molecular weight is 310 g/mol. The topological polar surface area (TPSA) is 59.2 Å². The maximum absolute atomic E-state index is 12.2. The van der Waals surface area contributed by atoms with Gasteiger partial charge in [0.05, 0.1) is 5.01 Å². The zero-order chi connectivity index (χ0) is 14.5. The van der Waals surface area contributed by atoms with Gasteiger partial charge in [0.15, 0.2) is 0 Å². The van der Waals surface area contributed by atoms with Crippen molar-refractivity contribution in [1.82, 2.24) is 9.88 Å². The molecule has 0 atom stereocenters. The van der Waals surface area contributed by atoms with Crippen molar-refractivity contribution in [2.75, 3.05) is 13.6 Å². The number of hydrogen-bond donors (Lipinski definition) is 1. The van der Waals surface area contributed by atoms with Crippen molar-refractivity contribution < 1.29 is 4.79 Å². The number of nitrogens with zero attached hydrogens (tertiary/aromatic N) is 2. The van der Waals surface area contributed by atoms with Gasteiger partial charge in [-0.25, -0.2) is 4.98 Å². The van der Waals surface area contributed by atoms with Crippen LogP contribution in [0, 0.1) is 0 Å². The Morgan fingerprint density at radius 2 is 2.10 bits per heavy atom. The lowest BCUT2D eigenvalue weighted by molar-refractivity contribution is 0.0780. The highest BCUT2D eigenvalue weighted by Crippen LogP contribution is 2.14. The normalized spacial score (nSPS) is 10.6. The van der Waals surface area contributed by atoms with Gasteiger partial charge in [-0.15, -0.1) is 11.3 Å². The molecule has 6 heteroatoms. The molecule has 2 aromatic rings. The van der Waals surface area contributed by atoms with E-state index in [9.17, 15) is 4.79 Å². The Morgan fingerprint density at radius 1 is 1.40 bits per heavy atom. The Balaban J connectivity index is 2.02. The number of carbonyl (C=O) groups excluding carboxylic acids is 1. The fourth-order valence-electron chi connectivity index (χ4n) is 1.78. The molecule has 106 valence electrons. The minimum Gasteiger partial charge on any atom is -0.336 e. The highest BCUT2D eigenvalue weighted by Gasteiger charge is 2.15. The van der Waals surface area contributed by atoms with Crippen molar-refractivity contribution in [3.8, 4) is 0 Å². The van der Waals surface area contributed by atoms with E-state index in [1.165, 1.54) is 11.3 Å². The summed E-state index contributed by atoms with van der Waals surface area (Å²) in [6, 6.07) is 7.45. The quantitative estimate of drug-likeness (QED) is 0.923. The predicted octanol–water partition coefficient (Wildman–Crippen LogP) is 2.57. The third kappa shape index (κ3) is 3.79. The third-order valence-corrected chi connectivity index (χ3v) is 3.97. The van der Waals surface area contributed by atoms with Crippen LogP contribution in [0.1, 0.15) is 21.1 Å². The minimum atomic E-state index is -0.0838. The van der Waals surface area contributed by atoms with Crippen LogP contribution in [-0.4, -0.2) is 29.4 Å². The molecule has 0 spiro atoms. The van der Waals surface area contributed by atoms with Gasteiger partial charge in [-0.2, -0.15) is 0 Å². The number of carbonyl (C=O) groups is 1. The SMILES string of the molecule is CN(Cc1ccc(Cl)cc1)C(=O)c1csc(CCN)n1. The van der Waals surface area contributed by atoms with Gasteiger partial charge >= 0.3 is 0 Å². The molecule has 0 unspecified atom stereocenters. The van der Waals surface area contributed by atoms with E-state index < -0.39 is 0 Å². The van der Waals surface area contributed by atoms with Crippen LogP contribution in [0.15, 0.2) is 29.6 Å². The van der Waals surface area contributed by atoms with Gasteiger partial charge in [-0.05, 0) is 24.2 Å². The summed E-state index contributed by atoms with van der Waals surface area (Å²) in [5.41, 5.74) is 6.99. The van der Waals surface area contributed by atoms with Crippen molar-refractivity contribution in [2.45, 2.75) is 13.0 Å². The summed E-state index contributed by atoms with van der Waals surface area (Å²) < 4.78 is 0. The molecule has 2 rings (SSSR count). The number of nitrogens with two attached hydrogens (primary N) is 1. The molecular weight excluding hydrogens is 294 g/mol. The fourth-order valence-corrected chi connectivity index (χ4v) is 2.69. The molecule has 0 aliphatic heterocycles. The van der Waals surface area contributed by atoms with Gasteiger partial charge in [0.25, 0.3) is 5.91 Å². The second kappa shape index (κ2) is 6.83. The van der Waals surface area contributed by atoms with Crippen molar-refractivity contribution in [3.63, 3.8) is 0 Å². The van der Waals surface area contributed by atoms with Crippen molar-refractivity contribution in [2.24, 2.45) is 5.73 Å². The Bertz CT molecular complexity index is 582. The summed E-state index contributed by atoms with van der Waals surface area (Å²) in [5, 5.41) is 3.37. The number of halogens is 1. The van der Waals surface area contributed by atoms with Gasteiger partial charge in [0.2, 0.25) is 0 Å². The van der Waals surface area contributed by atoms with Crippen LogP contribution in [-0.2, 0) is 13.0 Å². The second-order valence-corrected chi connectivity index (χ2v) is 5.83. The smallest absolute Gasteiger partial charge is 0.273 e. The van der Waals surface area contributed by atoms with Gasteiger partial charge in [-0.3, -0.25) is 4.79 Å². The highest BCUT2D eigenvalue weighted by atomic mass is 35.5. The van der Waals surface area contributed by atoms with Crippen molar-refractivity contribution in [3.05, 3.63) is 50.9 Å². The molecule has 4 nitrogen and oxygen atoms in total. The van der Waals surface area contributed by atoms with Crippen LogP contribution in [0.2, 0.25) is 5.02 Å². The van der Waals surface area contributed by atoms with E-state index in [1.54, 1.807) is 17.3 Å². The zero-order valence-corrected chi connectivity index (χ0v) is 12.7. The minimum absolute atomic E-state index is 0.0838. The molecular formula is C14H16ClN3OS. The molecule has 1 amide bonds. The average Bonchev–Trinajstić information content (AvgIpc) is 2.89. The first-order chi connectivity index (χ1) is 9.60. The van der Waals surface area contributed by atoms with E-state index in [0.717, 1.165) is 10.6 Å². The number of thiazole rings is 1. The first kappa shape index (κ1) is 15.0. The first-order valence-corrected chi connectivity index (χ1v) is 7.50. The fraction of sp³-hybridized carbons (Fsp3) is 0.286. The van der Waals surface area contributed by atoms with E-state index in [1.807, 2.05) is 24.3 Å². The monoisotopic (exact) mass is 309 g/mol. The largest absolute Gasteiger partial charge is 0.336 e. The van der Waals surface area contributed by atoms with Crippen molar-refractivity contribution in [1.29, 1.82) is 0 Å². The number of hydrogen-bond acceptors (Lipinski definition) is 4. The lowest BCUT2D eigenvalue weighted by Crippen LogP contribution is -2.26. The lowest BCUT2D eigenvalue weighted by Gasteiger charge is -2.16. The molecule has 1 heterocycles. The number of benzene rings is 1. The molecule has 0 radical (unpaired) electrons. The molecule has 0 fully saturated rings. The van der Waals surface area contributed by atoms with Gasteiger partial charge in [0.1, 0.15) is 5.69 Å². The Hall–Kier alpha value is -1.43. The first-order valence-electron chi connectivity index (χ1n) is 6.24. The summed E-state index contributed by atoms with van der Waals surface area (Å²) in [6.45, 7) is 1.07. The van der Waals surface area contributed by atoms with Crippen LogP contribution >= 0.6 is 22.9 Å². The van der Waals surface area contributed by atoms with E-state index in [2.05, 4.69) is 4.98 Å². The van der Waals surface area contributed by atoms with Gasteiger partial charge in [-0.1, -0.05) is 23.7 Å². The van der Waals surface area contributed by atoms with E-state index in [0.29, 0.717) is 30.2 Å². The lowest BCUT2D eigenvalue weighted by atomic mass is 10.2. The Labute approximate surface area is 127 Å². The Kier molecular flexibility index (Phi) is 5.11. The van der Waals surface area contributed by atoms with Crippen LogP contribution < -0.4 is 5.73 Å². The summed E-state index contributed by atoms with van der Waals surface area (Å²) in [6.07, 6.45) is 0.707. The molecule has 1 aromatic carbocycles. The van der Waals surface area contributed by atoms with Gasteiger partial charge in [0, 0.05) is 30.4 Å². The molecule has 0 aliphatic rings. The summed E-state index contributed by atoms with van der Waals surface area (Å²) in [7, 11) is 1.76. The highest BCUT2D eigenvalue weighted by molar-refractivity contribution is 7.09. The zero-order valence-electron chi connectivity index (χ0n) is 11.2.